The maximum absolute atomic E-state index is 13.1. The molecule has 1 aliphatic carbocycles. The molecule has 4 rings (SSSR count). The number of aromatic nitrogens is 1. The molecule has 0 bridgehead atoms. The molecule has 3 amide bonds. The maximum Gasteiger partial charge on any atom is 0.573 e. The Morgan fingerprint density at radius 1 is 1.14 bits per heavy atom. The molecule has 2 heterocycles. The Morgan fingerprint density at radius 3 is 2.32 bits per heavy atom. The number of urea groups is 1. The number of pyridine rings is 1. The molecule has 2 atom stereocenters. The topological polar surface area (TPSA) is 62.7 Å². The van der Waals surface area contributed by atoms with Gasteiger partial charge in [-0.3, -0.25) is 14.7 Å². The number of amides is 3. The van der Waals surface area contributed by atoms with Crippen LogP contribution in [-0.2, 0) is 4.79 Å². The highest BCUT2D eigenvalue weighted by Gasteiger charge is 2.70. The highest BCUT2D eigenvalue weighted by molar-refractivity contribution is 6.31. The lowest BCUT2D eigenvalue weighted by molar-refractivity contribution is -0.274. The summed E-state index contributed by atoms with van der Waals surface area (Å²) in [7, 11) is 0. The summed E-state index contributed by atoms with van der Waals surface area (Å²) in [5, 5.41) is 0. The molecule has 1 aromatic carbocycles. The lowest BCUT2D eigenvalue weighted by Gasteiger charge is -2.22. The molecule has 2 aliphatic rings. The standard InChI is InChI=1S/C19H16F3N3O3/c1-11-10-18(11)16(26)24(13-3-5-15(6-4-13)28-19(20,21)22)17(27)25(18)14-7-8-23-12(2)9-14/h3-9,11H,10H2,1-2H3. The molecule has 1 saturated carbocycles. The van der Waals surface area contributed by atoms with Gasteiger partial charge in [-0.1, -0.05) is 6.92 Å². The summed E-state index contributed by atoms with van der Waals surface area (Å²) >= 11 is 0. The second-order valence-corrected chi connectivity index (χ2v) is 6.99. The van der Waals surface area contributed by atoms with Crippen molar-refractivity contribution in [1.29, 1.82) is 0 Å². The zero-order chi connectivity index (χ0) is 20.3. The highest BCUT2D eigenvalue weighted by Crippen LogP contribution is 2.55. The van der Waals surface area contributed by atoms with Crippen LogP contribution in [-0.4, -0.2) is 28.8 Å². The molecule has 1 spiro atoms. The van der Waals surface area contributed by atoms with Crippen LogP contribution in [0.15, 0.2) is 42.6 Å². The van der Waals surface area contributed by atoms with Crippen LogP contribution in [0.4, 0.5) is 29.3 Å². The minimum Gasteiger partial charge on any atom is -0.406 e. The molecule has 146 valence electrons. The van der Waals surface area contributed by atoms with E-state index in [2.05, 4.69) is 9.72 Å². The van der Waals surface area contributed by atoms with E-state index in [0.717, 1.165) is 17.0 Å². The molecule has 0 radical (unpaired) electrons. The number of imide groups is 1. The molecule has 28 heavy (non-hydrogen) atoms. The van der Waals surface area contributed by atoms with E-state index in [9.17, 15) is 22.8 Å². The third-order valence-electron chi connectivity index (χ3n) is 5.09. The van der Waals surface area contributed by atoms with Gasteiger partial charge in [-0.25, -0.2) is 9.69 Å². The summed E-state index contributed by atoms with van der Waals surface area (Å²) in [6.07, 6.45) is -2.73. The minimum atomic E-state index is -4.82. The van der Waals surface area contributed by atoms with E-state index in [1.54, 1.807) is 25.3 Å². The largest absolute Gasteiger partial charge is 0.573 e. The van der Waals surface area contributed by atoms with Crippen molar-refractivity contribution < 1.29 is 27.5 Å². The van der Waals surface area contributed by atoms with Gasteiger partial charge in [-0.2, -0.15) is 0 Å². The van der Waals surface area contributed by atoms with Crippen LogP contribution < -0.4 is 14.5 Å². The highest BCUT2D eigenvalue weighted by atomic mass is 19.4. The SMILES string of the molecule is Cc1cc(N2C(=O)N(c3ccc(OC(F)(F)F)cc3)C(=O)C23CC3C)ccn1. The number of alkyl halides is 3. The van der Waals surface area contributed by atoms with Gasteiger partial charge in [-0.05, 0) is 55.7 Å². The molecular weight excluding hydrogens is 375 g/mol. The van der Waals surface area contributed by atoms with Crippen LogP contribution in [0, 0.1) is 12.8 Å². The number of hydrogen-bond donors (Lipinski definition) is 0. The quantitative estimate of drug-likeness (QED) is 0.741. The predicted octanol–water partition coefficient (Wildman–Crippen LogP) is 4.04. The van der Waals surface area contributed by atoms with Gasteiger partial charge >= 0.3 is 12.4 Å². The summed E-state index contributed by atoms with van der Waals surface area (Å²) < 4.78 is 40.9. The van der Waals surface area contributed by atoms with E-state index in [1.165, 1.54) is 17.0 Å². The van der Waals surface area contributed by atoms with Gasteiger partial charge in [0.15, 0.2) is 0 Å². The number of carbonyl (C=O) groups is 2. The summed E-state index contributed by atoms with van der Waals surface area (Å²) in [6.45, 7) is 3.67. The van der Waals surface area contributed by atoms with Crippen LogP contribution >= 0.6 is 0 Å². The van der Waals surface area contributed by atoms with Gasteiger partial charge < -0.3 is 4.74 Å². The first-order valence-electron chi connectivity index (χ1n) is 8.61. The maximum atomic E-state index is 13.1. The van der Waals surface area contributed by atoms with Crippen molar-refractivity contribution in [2.45, 2.75) is 32.2 Å². The molecular formula is C19H16F3N3O3. The molecule has 6 nitrogen and oxygen atoms in total. The first-order valence-corrected chi connectivity index (χ1v) is 8.61. The summed E-state index contributed by atoms with van der Waals surface area (Å²) in [5.41, 5.74) is 0.491. The summed E-state index contributed by atoms with van der Waals surface area (Å²) in [4.78, 5) is 32.9. The summed E-state index contributed by atoms with van der Waals surface area (Å²) in [5.74, 6) is -0.842. The zero-order valence-corrected chi connectivity index (χ0v) is 15.0. The lowest BCUT2D eigenvalue weighted by atomic mass is 10.1. The third kappa shape index (κ3) is 2.78. The van der Waals surface area contributed by atoms with Gasteiger partial charge in [-0.15, -0.1) is 13.2 Å². The van der Waals surface area contributed by atoms with E-state index >= 15 is 0 Å². The van der Waals surface area contributed by atoms with Gasteiger partial charge in [0.05, 0.1) is 5.69 Å². The van der Waals surface area contributed by atoms with Crippen LogP contribution in [0.25, 0.3) is 0 Å². The fourth-order valence-electron chi connectivity index (χ4n) is 3.70. The number of halogens is 3. The number of benzene rings is 1. The first kappa shape index (κ1) is 18.3. The first-order chi connectivity index (χ1) is 13.1. The fourth-order valence-corrected chi connectivity index (χ4v) is 3.70. The number of nitrogens with zero attached hydrogens (tertiary/aromatic N) is 3. The Balaban J connectivity index is 1.69. The van der Waals surface area contributed by atoms with Crippen molar-refractivity contribution in [3.63, 3.8) is 0 Å². The number of carbonyl (C=O) groups excluding carboxylic acids is 2. The number of hydrogen-bond acceptors (Lipinski definition) is 4. The van der Waals surface area contributed by atoms with Gasteiger partial charge in [0.1, 0.15) is 11.3 Å². The molecule has 1 aromatic heterocycles. The average molecular weight is 391 g/mol. The lowest BCUT2D eigenvalue weighted by Crippen LogP contribution is -2.39. The van der Waals surface area contributed by atoms with E-state index in [4.69, 9.17) is 0 Å². The van der Waals surface area contributed by atoms with Crippen molar-refractivity contribution in [3.05, 3.63) is 48.3 Å². The number of aryl methyl sites for hydroxylation is 1. The van der Waals surface area contributed by atoms with Crippen LogP contribution in [0.1, 0.15) is 19.0 Å². The Morgan fingerprint density at radius 2 is 1.79 bits per heavy atom. The molecule has 2 aromatic rings. The Labute approximate surface area is 158 Å². The van der Waals surface area contributed by atoms with Crippen molar-refractivity contribution in [1.82, 2.24) is 4.98 Å². The van der Waals surface area contributed by atoms with Crippen LogP contribution in [0.2, 0.25) is 0 Å². The van der Waals surface area contributed by atoms with Crippen molar-refractivity contribution in [2.24, 2.45) is 5.92 Å². The second-order valence-electron chi connectivity index (χ2n) is 6.99. The third-order valence-corrected chi connectivity index (χ3v) is 5.09. The molecule has 2 unspecified atom stereocenters. The van der Waals surface area contributed by atoms with Crippen molar-refractivity contribution >= 4 is 23.3 Å². The zero-order valence-electron chi connectivity index (χ0n) is 15.0. The fraction of sp³-hybridized carbons (Fsp3) is 0.316. The molecule has 2 fully saturated rings. The van der Waals surface area contributed by atoms with E-state index in [-0.39, 0.29) is 17.5 Å². The monoisotopic (exact) mass is 391 g/mol. The summed E-state index contributed by atoms with van der Waals surface area (Å²) in [6, 6.07) is 7.52. The van der Waals surface area contributed by atoms with Crippen molar-refractivity contribution in [2.75, 3.05) is 9.80 Å². The predicted molar refractivity (Wildman–Crippen MR) is 94.0 cm³/mol. The van der Waals surface area contributed by atoms with E-state index in [1.807, 2.05) is 6.92 Å². The Hall–Kier alpha value is -3.10. The number of ether oxygens (including phenoxy) is 1. The minimum absolute atomic E-state index is 0.0322. The molecule has 1 saturated heterocycles. The van der Waals surface area contributed by atoms with Gasteiger partial charge in [0, 0.05) is 17.6 Å². The normalized spacial score (nSPS) is 24.2. The smallest absolute Gasteiger partial charge is 0.406 e. The molecule has 1 aliphatic heterocycles. The van der Waals surface area contributed by atoms with Gasteiger partial charge in [0.25, 0.3) is 5.91 Å². The molecule has 0 N–H and O–H groups in total. The van der Waals surface area contributed by atoms with E-state index in [0.29, 0.717) is 17.8 Å². The van der Waals surface area contributed by atoms with E-state index < -0.39 is 23.7 Å². The average Bonchev–Trinajstić information content (AvgIpc) is 3.21. The van der Waals surface area contributed by atoms with Crippen LogP contribution in [0.5, 0.6) is 5.75 Å². The Kier molecular flexibility index (Phi) is 3.88. The number of rotatable bonds is 3. The van der Waals surface area contributed by atoms with Gasteiger partial charge in [0.2, 0.25) is 0 Å². The second kappa shape index (κ2) is 5.95. The molecule has 9 heteroatoms. The van der Waals surface area contributed by atoms with Crippen molar-refractivity contribution in [3.8, 4) is 5.75 Å². The Bertz CT molecular complexity index is 961. The number of anilines is 2. The van der Waals surface area contributed by atoms with Crippen LogP contribution in [0.3, 0.4) is 0 Å².